The van der Waals surface area contributed by atoms with E-state index in [2.05, 4.69) is 191 Å². The maximum absolute atomic E-state index is 6.27. The largest absolute Gasteiger partial charge is 0.485 e. The summed E-state index contributed by atoms with van der Waals surface area (Å²) in [4.78, 5) is 0. The first-order valence-electron chi connectivity index (χ1n) is 17.7. The number of benzene rings is 7. The molecule has 3 heterocycles. The molecule has 3 nitrogen and oxygen atoms in total. The molecule has 0 fully saturated rings. The van der Waals surface area contributed by atoms with Gasteiger partial charge in [-0.3, -0.25) is 0 Å². The van der Waals surface area contributed by atoms with E-state index in [-0.39, 0.29) is 12.0 Å². The normalized spacial score (nSPS) is 16.2. The number of nitrogens with zero attached hydrogens (tertiary/aromatic N) is 2. The van der Waals surface area contributed by atoms with Gasteiger partial charge in [0.1, 0.15) is 11.9 Å². The Hall–Kier alpha value is -6.58. The summed E-state index contributed by atoms with van der Waals surface area (Å²) in [7, 11) is 0. The first-order valence-corrected chi connectivity index (χ1v) is 17.7. The Bertz CT molecular complexity index is 2890. The van der Waals surface area contributed by atoms with E-state index in [4.69, 9.17) is 4.74 Å². The summed E-state index contributed by atoms with van der Waals surface area (Å²) >= 11 is 0. The van der Waals surface area contributed by atoms with E-state index in [0.29, 0.717) is 0 Å². The van der Waals surface area contributed by atoms with Crippen molar-refractivity contribution in [2.75, 3.05) is 0 Å². The maximum atomic E-state index is 6.27. The van der Waals surface area contributed by atoms with Gasteiger partial charge >= 0.3 is 0 Å². The zero-order valence-electron chi connectivity index (χ0n) is 27.8. The molecule has 2 aliphatic rings. The van der Waals surface area contributed by atoms with Crippen molar-refractivity contribution in [2.24, 2.45) is 0 Å². The Balaban J connectivity index is 1.10. The standard InChI is InChI=1S/C48H32N2O/c1-3-11-35(12-4-1)49-43-17-9-7-15-37(43)39-27-31(19-23-44(39)49)32-20-24-45-40(28-32)41-29-33(21-25-46(41)50(45)36-13-5-2-6-14-36)34-22-26-48-42(30-34)38-16-8-10-18-47(38)51-48/h1-30,38,47H. The van der Waals surface area contributed by atoms with Gasteiger partial charge in [-0.05, 0) is 107 Å². The Morgan fingerprint density at radius 1 is 0.392 bits per heavy atom. The van der Waals surface area contributed by atoms with Gasteiger partial charge in [0.2, 0.25) is 0 Å². The summed E-state index contributed by atoms with van der Waals surface area (Å²) in [5, 5.41) is 5.00. The van der Waals surface area contributed by atoms with E-state index in [9.17, 15) is 0 Å². The fourth-order valence-corrected chi connectivity index (χ4v) is 8.47. The molecule has 3 heteroatoms. The van der Waals surface area contributed by atoms with Crippen LogP contribution in [-0.4, -0.2) is 15.2 Å². The molecule has 0 radical (unpaired) electrons. The van der Waals surface area contributed by atoms with Gasteiger partial charge in [0, 0.05) is 44.4 Å². The number of hydrogen-bond donors (Lipinski definition) is 0. The van der Waals surface area contributed by atoms with Crippen LogP contribution in [0.1, 0.15) is 11.5 Å². The minimum Gasteiger partial charge on any atom is -0.485 e. The van der Waals surface area contributed by atoms with E-state index in [1.54, 1.807) is 0 Å². The second-order valence-electron chi connectivity index (χ2n) is 13.7. The molecular weight excluding hydrogens is 621 g/mol. The molecule has 0 N–H and O–H groups in total. The van der Waals surface area contributed by atoms with Crippen LogP contribution in [0.2, 0.25) is 0 Å². The minimum absolute atomic E-state index is 0.0825. The summed E-state index contributed by atoms with van der Waals surface area (Å²) in [6.45, 7) is 0. The molecule has 0 spiro atoms. The van der Waals surface area contributed by atoms with Crippen LogP contribution >= 0.6 is 0 Å². The van der Waals surface area contributed by atoms with E-state index < -0.39 is 0 Å². The van der Waals surface area contributed by atoms with Crippen LogP contribution in [0, 0.1) is 0 Å². The Morgan fingerprint density at radius 3 is 1.47 bits per heavy atom. The fraction of sp³-hybridized carbons (Fsp3) is 0.0417. The number of hydrogen-bond acceptors (Lipinski definition) is 1. The van der Waals surface area contributed by atoms with Crippen molar-refractivity contribution < 1.29 is 4.74 Å². The van der Waals surface area contributed by atoms with Crippen LogP contribution in [0.3, 0.4) is 0 Å². The fourth-order valence-electron chi connectivity index (χ4n) is 8.47. The monoisotopic (exact) mass is 652 g/mol. The van der Waals surface area contributed by atoms with E-state index in [1.165, 1.54) is 77.1 Å². The molecule has 0 bridgehead atoms. The van der Waals surface area contributed by atoms with Crippen molar-refractivity contribution in [2.45, 2.75) is 12.0 Å². The summed E-state index contributed by atoms with van der Waals surface area (Å²) < 4.78 is 11.0. The van der Waals surface area contributed by atoms with Crippen LogP contribution < -0.4 is 4.74 Å². The molecule has 1 aliphatic heterocycles. The number of rotatable bonds is 4. The first kappa shape index (κ1) is 28.3. The van der Waals surface area contributed by atoms with Gasteiger partial charge in [-0.15, -0.1) is 0 Å². The smallest absolute Gasteiger partial charge is 0.128 e. The highest BCUT2D eigenvalue weighted by atomic mass is 16.5. The highest BCUT2D eigenvalue weighted by molar-refractivity contribution is 6.13. The highest BCUT2D eigenvalue weighted by Crippen LogP contribution is 2.44. The highest BCUT2D eigenvalue weighted by Gasteiger charge is 2.32. The zero-order valence-corrected chi connectivity index (χ0v) is 27.8. The van der Waals surface area contributed by atoms with Gasteiger partial charge in [-0.1, -0.05) is 97.1 Å². The van der Waals surface area contributed by atoms with Gasteiger partial charge in [0.25, 0.3) is 0 Å². The molecule has 2 aromatic heterocycles. The molecule has 11 rings (SSSR count). The molecule has 51 heavy (non-hydrogen) atoms. The van der Waals surface area contributed by atoms with Gasteiger partial charge in [0.05, 0.1) is 22.1 Å². The van der Waals surface area contributed by atoms with Gasteiger partial charge in [-0.2, -0.15) is 0 Å². The lowest BCUT2D eigenvalue weighted by Crippen LogP contribution is -2.15. The molecule has 2 unspecified atom stereocenters. The second kappa shape index (κ2) is 11.0. The number of allylic oxidation sites excluding steroid dienone is 2. The average molecular weight is 653 g/mol. The third-order valence-corrected chi connectivity index (χ3v) is 10.8. The third-order valence-electron chi connectivity index (χ3n) is 10.8. The van der Waals surface area contributed by atoms with E-state index >= 15 is 0 Å². The van der Waals surface area contributed by atoms with Crippen LogP contribution in [-0.2, 0) is 0 Å². The first-order chi connectivity index (χ1) is 25.3. The summed E-state index contributed by atoms with van der Waals surface area (Å²) in [5.41, 5.74) is 13.2. The van der Waals surface area contributed by atoms with Crippen molar-refractivity contribution in [3.8, 4) is 39.4 Å². The van der Waals surface area contributed by atoms with Gasteiger partial charge < -0.3 is 13.9 Å². The molecule has 0 saturated heterocycles. The lowest BCUT2D eigenvalue weighted by atomic mass is 9.90. The Labute approximate surface area is 295 Å². The van der Waals surface area contributed by atoms with Crippen LogP contribution in [0.15, 0.2) is 182 Å². The Morgan fingerprint density at radius 2 is 0.863 bits per heavy atom. The minimum atomic E-state index is 0.0825. The third kappa shape index (κ3) is 4.31. The SMILES string of the molecule is C1=CC2Oc3ccc(-c4ccc5c(c4)c4cc(-c6ccc7c(c6)c6ccccc6n7-c6ccccc6)ccc4n5-c4ccccc4)cc3C2C=C1. The number of ether oxygens (including phenoxy) is 1. The summed E-state index contributed by atoms with van der Waals surface area (Å²) in [6.07, 6.45) is 8.72. The lowest BCUT2D eigenvalue weighted by molar-refractivity contribution is 0.269. The molecule has 0 amide bonds. The number of para-hydroxylation sites is 3. The zero-order chi connectivity index (χ0) is 33.5. The molecular formula is C48H32N2O. The van der Waals surface area contributed by atoms with Crippen LogP contribution in [0.5, 0.6) is 5.75 Å². The molecule has 9 aromatic rings. The number of fused-ring (bicyclic) bond motifs is 9. The van der Waals surface area contributed by atoms with Crippen molar-refractivity contribution in [3.63, 3.8) is 0 Å². The quantitative estimate of drug-likeness (QED) is 0.185. The van der Waals surface area contributed by atoms with Crippen molar-refractivity contribution >= 4 is 43.6 Å². The predicted molar refractivity (Wildman–Crippen MR) is 211 cm³/mol. The Kier molecular flexibility index (Phi) is 6.08. The molecule has 0 saturated carbocycles. The molecule has 2 atom stereocenters. The molecule has 7 aromatic carbocycles. The van der Waals surface area contributed by atoms with Crippen LogP contribution in [0.25, 0.3) is 77.2 Å². The second-order valence-corrected chi connectivity index (χ2v) is 13.7. The van der Waals surface area contributed by atoms with Crippen molar-refractivity contribution in [1.29, 1.82) is 0 Å². The van der Waals surface area contributed by atoms with Gasteiger partial charge in [-0.25, -0.2) is 0 Å². The van der Waals surface area contributed by atoms with Gasteiger partial charge in [0.15, 0.2) is 0 Å². The van der Waals surface area contributed by atoms with Crippen molar-refractivity contribution in [3.05, 3.63) is 188 Å². The van der Waals surface area contributed by atoms with E-state index in [1.807, 2.05) is 0 Å². The van der Waals surface area contributed by atoms with E-state index in [0.717, 1.165) is 11.4 Å². The topological polar surface area (TPSA) is 19.1 Å². The average Bonchev–Trinajstić information content (AvgIpc) is 3.85. The van der Waals surface area contributed by atoms with Crippen LogP contribution in [0.4, 0.5) is 0 Å². The molecule has 240 valence electrons. The maximum Gasteiger partial charge on any atom is 0.128 e. The molecule has 1 aliphatic carbocycles. The lowest BCUT2D eigenvalue weighted by Gasteiger charge is -2.14. The summed E-state index contributed by atoms with van der Waals surface area (Å²) in [5.74, 6) is 1.25. The number of aromatic nitrogens is 2. The summed E-state index contributed by atoms with van der Waals surface area (Å²) in [6, 6.07) is 57.6. The predicted octanol–water partition coefficient (Wildman–Crippen LogP) is 12.2. The van der Waals surface area contributed by atoms with Crippen molar-refractivity contribution in [1.82, 2.24) is 9.13 Å².